The van der Waals surface area contributed by atoms with Crippen LogP contribution in [-0.4, -0.2) is 41.6 Å². The van der Waals surface area contributed by atoms with Gasteiger partial charge in [0.15, 0.2) is 0 Å². The zero-order valence-electron chi connectivity index (χ0n) is 10.7. The van der Waals surface area contributed by atoms with Crippen molar-refractivity contribution in [2.75, 3.05) is 26.4 Å². The van der Waals surface area contributed by atoms with Gasteiger partial charge in [0.2, 0.25) is 0 Å². The Morgan fingerprint density at radius 2 is 2.06 bits per heavy atom. The number of halogens is 1. The van der Waals surface area contributed by atoms with E-state index in [4.69, 9.17) is 4.74 Å². The quantitative estimate of drug-likeness (QED) is 0.852. The van der Waals surface area contributed by atoms with Crippen molar-refractivity contribution in [3.63, 3.8) is 0 Å². The lowest BCUT2D eigenvalue weighted by Crippen LogP contribution is -2.35. The predicted octanol–water partition coefficient (Wildman–Crippen LogP) is 2.66. The second-order valence-electron chi connectivity index (χ2n) is 4.67. The van der Waals surface area contributed by atoms with E-state index in [2.05, 4.69) is 27.9 Å². The highest BCUT2D eigenvalue weighted by atomic mass is 79.9. The van der Waals surface area contributed by atoms with Crippen LogP contribution in [0.1, 0.15) is 12.8 Å². The fourth-order valence-corrected chi connectivity index (χ4v) is 3.29. The van der Waals surface area contributed by atoms with Crippen molar-refractivity contribution in [3.05, 3.63) is 22.7 Å². The standard InChI is InChI=1S/C13H18BrNO2S/c1-15-7-5-11(6-8-15)17-12-4-3-10(14)9-13(12)18(2)16/h3-4,9,11H,5-8H2,1-2H3. The SMILES string of the molecule is CN1CCC(Oc2ccc(Br)cc2S(C)=O)CC1. The number of ether oxygens (including phenoxy) is 1. The molecule has 1 aromatic carbocycles. The molecular weight excluding hydrogens is 314 g/mol. The molecule has 100 valence electrons. The maximum absolute atomic E-state index is 11.7. The third-order valence-corrected chi connectivity index (χ3v) is 4.61. The number of hydrogen-bond donors (Lipinski definition) is 0. The molecule has 1 atom stereocenters. The molecule has 1 heterocycles. The monoisotopic (exact) mass is 331 g/mol. The number of benzene rings is 1. The Morgan fingerprint density at radius 3 is 2.67 bits per heavy atom. The predicted molar refractivity (Wildman–Crippen MR) is 77.6 cm³/mol. The lowest BCUT2D eigenvalue weighted by molar-refractivity contribution is 0.111. The Morgan fingerprint density at radius 1 is 1.39 bits per heavy atom. The van der Waals surface area contributed by atoms with E-state index < -0.39 is 10.8 Å². The summed E-state index contributed by atoms with van der Waals surface area (Å²) in [7, 11) is 1.10. The Hall–Kier alpha value is -0.390. The highest BCUT2D eigenvalue weighted by molar-refractivity contribution is 9.10. The molecule has 3 nitrogen and oxygen atoms in total. The molecule has 0 aliphatic carbocycles. The van der Waals surface area contributed by atoms with Crippen LogP contribution in [0.3, 0.4) is 0 Å². The second kappa shape index (κ2) is 6.17. The molecule has 0 spiro atoms. The molecule has 1 aliphatic heterocycles. The first kappa shape index (κ1) is 14.0. The van der Waals surface area contributed by atoms with E-state index in [1.165, 1.54) is 0 Å². The molecule has 1 unspecified atom stereocenters. The summed E-state index contributed by atoms with van der Waals surface area (Å²) in [6, 6.07) is 5.71. The molecule has 0 bridgehead atoms. The lowest BCUT2D eigenvalue weighted by atomic mass is 10.1. The number of piperidine rings is 1. The first-order valence-corrected chi connectivity index (χ1v) is 8.39. The summed E-state index contributed by atoms with van der Waals surface area (Å²) >= 11 is 3.40. The minimum atomic E-state index is -1.03. The molecule has 0 amide bonds. The van der Waals surface area contributed by atoms with Gasteiger partial charge in [-0.15, -0.1) is 0 Å². The van der Waals surface area contributed by atoms with Gasteiger partial charge in [0.1, 0.15) is 11.9 Å². The van der Waals surface area contributed by atoms with Crippen LogP contribution in [-0.2, 0) is 10.8 Å². The summed E-state index contributed by atoms with van der Waals surface area (Å²) in [5.41, 5.74) is 0. The van der Waals surface area contributed by atoms with E-state index >= 15 is 0 Å². The van der Waals surface area contributed by atoms with Crippen LogP contribution in [0.15, 0.2) is 27.6 Å². The molecule has 2 rings (SSSR count). The maximum atomic E-state index is 11.7. The molecule has 5 heteroatoms. The van der Waals surface area contributed by atoms with Gasteiger partial charge in [0.05, 0.1) is 15.7 Å². The summed E-state index contributed by atoms with van der Waals surface area (Å²) in [5, 5.41) is 0. The van der Waals surface area contributed by atoms with E-state index in [-0.39, 0.29) is 6.10 Å². The summed E-state index contributed by atoms with van der Waals surface area (Å²) in [5.74, 6) is 0.758. The van der Waals surface area contributed by atoms with Gasteiger partial charge >= 0.3 is 0 Å². The number of nitrogens with zero attached hydrogens (tertiary/aromatic N) is 1. The highest BCUT2D eigenvalue weighted by Gasteiger charge is 2.19. The average molecular weight is 332 g/mol. The van der Waals surface area contributed by atoms with Crippen LogP contribution >= 0.6 is 15.9 Å². The van der Waals surface area contributed by atoms with Crippen LogP contribution < -0.4 is 4.74 Å². The van der Waals surface area contributed by atoms with Crippen LogP contribution in [0.25, 0.3) is 0 Å². The molecule has 0 aromatic heterocycles. The van der Waals surface area contributed by atoms with E-state index in [0.717, 1.165) is 41.0 Å². The van der Waals surface area contributed by atoms with Gasteiger partial charge in [-0.25, -0.2) is 0 Å². The number of hydrogen-bond acceptors (Lipinski definition) is 3. The van der Waals surface area contributed by atoms with E-state index in [1.807, 2.05) is 18.2 Å². The minimum Gasteiger partial charge on any atom is -0.489 e. The van der Waals surface area contributed by atoms with Crippen LogP contribution in [0, 0.1) is 0 Å². The third kappa shape index (κ3) is 3.56. The van der Waals surface area contributed by atoms with E-state index in [1.54, 1.807) is 6.26 Å². The molecule has 1 fully saturated rings. The van der Waals surface area contributed by atoms with E-state index in [0.29, 0.717) is 0 Å². The zero-order valence-corrected chi connectivity index (χ0v) is 13.1. The van der Waals surface area contributed by atoms with Gasteiger partial charge in [0.25, 0.3) is 0 Å². The molecule has 1 saturated heterocycles. The molecule has 0 N–H and O–H groups in total. The molecule has 0 saturated carbocycles. The number of rotatable bonds is 3. The van der Waals surface area contributed by atoms with Crippen molar-refractivity contribution < 1.29 is 8.95 Å². The topological polar surface area (TPSA) is 29.5 Å². The fraction of sp³-hybridized carbons (Fsp3) is 0.538. The van der Waals surface area contributed by atoms with Gasteiger partial charge in [-0.05, 0) is 38.1 Å². The minimum absolute atomic E-state index is 0.240. The van der Waals surface area contributed by atoms with Crippen molar-refractivity contribution in [1.29, 1.82) is 0 Å². The Bertz CT molecular complexity index is 445. The summed E-state index contributed by atoms with van der Waals surface area (Å²) in [4.78, 5) is 3.07. The fourth-order valence-electron chi connectivity index (χ4n) is 2.09. The van der Waals surface area contributed by atoms with Crippen LogP contribution in [0.5, 0.6) is 5.75 Å². The van der Waals surface area contributed by atoms with Crippen LogP contribution in [0.4, 0.5) is 0 Å². The summed E-state index contributed by atoms with van der Waals surface area (Å²) < 4.78 is 18.7. The number of likely N-dealkylation sites (tertiary alicyclic amines) is 1. The lowest BCUT2D eigenvalue weighted by Gasteiger charge is -2.29. The average Bonchev–Trinajstić information content (AvgIpc) is 2.34. The molecular formula is C13H18BrNO2S. The molecule has 1 aliphatic rings. The van der Waals surface area contributed by atoms with Crippen molar-refractivity contribution in [3.8, 4) is 5.75 Å². The van der Waals surface area contributed by atoms with Gasteiger partial charge in [0, 0.05) is 23.8 Å². The first-order valence-electron chi connectivity index (χ1n) is 6.04. The zero-order chi connectivity index (χ0) is 13.1. The van der Waals surface area contributed by atoms with Gasteiger partial charge in [-0.1, -0.05) is 15.9 Å². The van der Waals surface area contributed by atoms with E-state index in [9.17, 15) is 4.21 Å². The maximum Gasteiger partial charge on any atom is 0.135 e. The Balaban J connectivity index is 2.11. The van der Waals surface area contributed by atoms with Crippen molar-refractivity contribution in [2.45, 2.75) is 23.8 Å². The normalized spacial score (nSPS) is 19.7. The molecule has 1 aromatic rings. The second-order valence-corrected chi connectivity index (χ2v) is 6.93. The smallest absolute Gasteiger partial charge is 0.135 e. The Kier molecular flexibility index (Phi) is 4.81. The first-order chi connectivity index (χ1) is 8.56. The van der Waals surface area contributed by atoms with Crippen molar-refractivity contribution >= 4 is 26.7 Å². The molecule has 0 radical (unpaired) electrons. The third-order valence-electron chi connectivity index (χ3n) is 3.17. The summed E-state index contributed by atoms with van der Waals surface area (Å²) in [6.07, 6.45) is 3.98. The van der Waals surface area contributed by atoms with Crippen LogP contribution in [0.2, 0.25) is 0 Å². The highest BCUT2D eigenvalue weighted by Crippen LogP contribution is 2.28. The van der Waals surface area contributed by atoms with Crippen molar-refractivity contribution in [2.24, 2.45) is 0 Å². The molecule has 18 heavy (non-hydrogen) atoms. The largest absolute Gasteiger partial charge is 0.489 e. The van der Waals surface area contributed by atoms with Gasteiger partial charge < -0.3 is 9.64 Å². The summed E-state index contributed by atoms with van der Waals surface area (Å²) in [6.45, 7) is 2.12. The Labute approximate surface area is 119 Å². The van der Waals surface area contributed by atoms with Crippen molar-refractivity contribution in [1.82, 2.24) is 4.90 Å². The van der Waals surface area contributed by atoms with Gasteiger partial charge in [-0.2, -0.15) is 0 Å². The van der Waals surface area contributed by atoms with Gasteiger partial charge in [-0.3, -0.25) is 4.21 Å².